The summed E-state index contributed by atoms with van der Waals surface area (Å²) in [7, 11) is 0. The molecule has 0 aliphatic heterocycles. The van der Waals surface area contributed by atoms with E-state index in [1.165, 1.54) is 12.1 Å². The highest BCUT2D eigenvalue weighted by atomic mass is 79.9. The highest BCUT2D eigenvalue weighted by molar-refractivity contribution is 9.10. The molecule has 1 unspecified atom stereocenters. The highest BCUT2D eigenvalue weighted by Crippen LogP contribution is 2.27. The summed E-state index contributed by atoms with van der Waals surface area (Å²) in [5, 5.41) is 0. The van der Waals surface area contributed by atoms with Crippen LogP contribution >= 0.6 is 15.9 Å². The molecule has 0 aliphatic rings. The number of hydrogen-bond donors (Lipinski definition) is 1. The third-order valence-electron chi connectivity index (χ3n) is 2.99. The van der Waals surface area contributed by atoms with Crippen molar-refractivity contribution in [2.75, 3.05) is 0 Å². The lowest BCUT2D eigenvalue weighted by Crippen LogP contribution is -2.18. The molecule has 0 saturated heterocycles. The number of benzene rings is 2. The second-order valence-electron chi connectivity index (χ2n) is 4.91. The molecule has 0 bridgehead atoms. The maximum atomic E-state index is 13.9. The molecule has 21 heavy (non-hydrogen) atoms. The summed E-state index contributed by atoms with van der Waals surface area (Å²) < 4.78 is 33.3. The number of para-hydroxylation sites is 1. The van der Waals surface area contributed by atoms with Gasteiger partial charge in [0.25, 0.3) is 0 Å². The highest BCUT2D eigenvalue weighted by Gasteiger charge is 2.13. The zero-order chi connectivity index (χ0) is 15.4. The molecule has 1 atom stereocenters. The van der Waals surface area contributed by atoms with Crippen LogP contribution in [-0.4, -0.2) is 6.04 Å². The van der Waals surface area contributed by atoms with Crippen LogP contribution in [0.5, 0.6) is 5.75 Å². The summed E-state index contributed by atoms with van der Waals surface area (Å²) in [5.41, 5.74) is 7.08. The molecule has 0 radical (unpaired) electrons. The number of ether oxygens (including phenoxy) is 1. The Bertz CT molecular complexity index is 632. The Balaban J connectivity index is 2.21. The van der Waals surface area contributed by atoms with Gasteiger partial charge in [0.1, 0.15) is 12.4 Å². The minimum absolute atomic E-state index is 0.0746. The predicted octanol–water partition coefficient (Wildman–Crippen LogP) is 4.20. The Morgan fingerprint density at radius 2 is 1.71 bits per heavy atom. The molecule has 0 spiro atoms. The zero-order valence-electron chi connectivity index (χ0n) is 11.6. The second-order valence-corrected chi connectivity index (χ2v) is 5.70. The van der Waals surface area contributed by atoms with Gasteiger partial charge in [0, 0.05) is 11.6 Å². The molecule has 0 amide bonds. The fourth-order valence-corrected chi connectivity index (χ4v) is 2.41. The summed E-state index contributed by atoms with van der Waals surface area (Å²) in [6.07, 6.45) is 0.511. The van der Waals surface area contributed by atoms with E-state index in [2.05, 4.69) is 15.9 Å². The Hall–Kier alpha value is -1.46. The maximum absolute atomic E-state index is 13.9. The Kier molecular flexibility index (Phi) is 5.31. The Labute approximate surface area is 131 Å². The van der Waals surface area contributed by atoms with Gasteiger partial charge in [-0.3, -0.25) is 0 Å². The maximum Gasteiger partial charge on any atom is 0.165 e. The first kappa shape index (κ1) is 15.9. The fraction of sp³-hybridized carbons (Fsp3) is 0.250. The van der Waals surface area contributed by atoms with Gasteiger partial charge in [0.15, 0.2) is 11.6 Å². The summed E-state index contributed by atoms with van der Waals surface area (Å²) in [6, 6.07) is 9.29. The molecular weight excluding hydrogens is 340 g/mol. The predicted molar refractivity (Wildman–Crippen MR) is 82.2 cm³/mol. The van der Waals surface area contributed by atoms with Gasteiger partial charge in [0.05, 0.1) is 4.47 Å². The van der Waals surface area contributed by atoms with Gasteiger partial charge < -0.3 is 10.5 Å². The number of halogens is 3. The number of hydrogen-bond acceptors (Lipinski definition) is 2. The van der Waals surface area contributed by atoms with Crippen LogP contribution in [0.4, 0.5) is 8.78 Å². The van der Waals surface area contributed by atoms with Crippen LogP contribution in [0.25, 0.3) is 0 Å². The van der Waals surface area contributed by atoms with Crippen LogP contribution < -0.4 is 10.5 Å². The molecular formula is C16H16BrF2NO. The number of nitrogens with two attached hydrogens (primary N) is 1. The molecule has 2 rings (SSSR count). The first-order chi connectivity index (χ1) is 9.99. The van der Waals surface area contributed by atoms with Crippen molar-refractivity contribution in [2.45, 2.75) is 26.0 Å². The summed E-state index contributed by atoms with van der Waals surface area (Å²) >= 11 is 3.16. The molecule has 2 aromatic rings. The van der Waals surface area contributed by atoms with Crippen molar-refractivity contribution in [1.82, 2.24) is 0 Å². The minimum Gasteiger partial charge on any atom is -0.485 e. The van der Waals surface area contributed by atoms with E-state index < -0.39 is 5.82 Å². The van der Waals surface area contributed by atoms with Gasteiger partial charge in [-0.25, -0.2) is 8.78 Å². The average Bonchev–Trinajstić information content (AvgIpc) is 2.42. The van der Waals surface area contributed by atoms with Crippen molar-refractivity contribution in [3.05, 3.63) is 63.6 Å². The van der Waals surface area contributed by atoms with E-state index in [0.717, 1.165) is 0 Å². The lowest BCUT2D eigenvalue weighted by molar-refractivity contribution is 0.285. The van der Waals surface area contributed by atoms with Gasteiger partial charge in [-0.1, -0.05) is 24.3 Å². The normalized spacial score (nSPS) is 12.2. The van der Waals surface area contributed by atoms with Crippen molar-refractivity contribution in [3.63, 3.8) is 0 Å². The Morgan fingerprint density at radius 3 is 2.38 bits per heavy atom. The lowest BCUT2D eigenvalue weighted by atomic mass is 10.1. The van der Waals surface area contributed by atoms with Crippen LogP contribution in [0.1, 0.15) is 18.1 Å². The Morgan fingerprint density at radius 1 is 1.10 bits per heavy atom. The number of rotatable bonds is 5. The van der Waals surface area contributed by atoms with E-state index >= 15 is 0 Å². The largest absolute Gasteiger partial charge is 0.485 e. The molecule has 0 aliphatic carbocycles. The van der Waals surface area contributed by atoms with Crippen LogP contribution in [0, 0.1) is 11.6 Å². The lowest BCUT2D eigenvalue weighted by Gasteiger charge is -2.14. The van der Waals surface area contributed by atoms with E-state index in [1.54, 1.807) is 24.3 Å². The molecule has 5 heteroatoms. The van der Waals surface area contributed by atoms with Gasteiger partial charge in [-0.15, -0.1) is 0 Å². The second kappa shape index (κ2) is 7.00. The molecule has 2 N–H and O–H groups in total. The third-order valence-corrected chi connectivity index (χ3v) is 3.88. The van der Waals surface area contributed by atoms with Crippen LogP contribution in [0.15, 0.2) is 40.9 Å². The molecule has 0 aromatic heterocycles. The molecule has 0 fully saturated rings. The first-order valence-electron chi connectivity index (χ1n) is 6.57. The van der Waals surface area contributed by atoms with Gasteiger partial charge >= 0.3 is 0 Å². The first-order valence-corrected chi connectivity index (χ1v) is 7.37. The van der Waals surface area contributed by atoms with Gasteiger partial charge in [-0.2, -0.15) is 0 Å². The van der Waals surface area contributed by atoms with Gasteiger partial charge in [-0.05, 0) is 47.0 Å². The van der Waals surface area contributed by atoms with Crippen LogP contribution in [-0.2, 0) is 13.0 Å². The van der Waals surface area contributed by atoms with Crippen LogP contribution in [0.2, 0.25) is 0 Å². The molecule has 112 valence electrons. The van der Waals surface area contributed by atoms with Crippen molar-refractivity contribution in [2.24, 2.45) is 5.73 Å². The SMILES string of the molecule is CC(N)Cc1cccc(F)c1OCc1cccc(F)c1Br. The van der Waals surface area contributed by atoms with Crippen molar-refractivity contribution < 1.29 is 13.5 Å². The smallest absolute Gasteiger partial charge is 0.165 e. The summed E-state index contributed by atoms with van der Waals surface area (Å²) in [5.74, 6) is -0.646. The van der Waals surface area contributed by atoms with Crippen molar-refractivity contribution >= 4 is 15.9 Å². The molecule has 2 aromatic carbocycles. The van der Waals surface area contributed by atoms with E-state index in [9.17, 15) is 8.78 Å². The molecule has 0 saturated carbocycles. The standard InChI is InChI=1S/C16H16BrF2NO/c1-10(20)8-11-4-2-7-14(19)16(11)21-9-12-5-3-6-13(18)15(12)17/h2-7,10H,8-9,20H2,1H3. The van der Waals surface area contributed by atoms with Gasteiger partial charge in [0.2, 0.25) is 0 Å². The minimum atomic E-state index is -0.444. The van der Waals surface area contributed by atoms with E-state index in [-0.39, 0.29) is 24.2 Å². The average molecular weight is 356 g/mol. The van der Waals surface area contributed by atoms with Crippen molar-refractivity contribution in [3.8, 4) is 5.75 Å². The van der Waals surface area contributed by atoms with Crippen molar-refractivity contribution in [1.29, 1.82) is 0 Å². The zero-order valence-corrected chi connectivity index (χ0v) is 13.2. The van der Waals surface area contributed by atoms with Crippen LogP contribution in [0.3, 0.4) is 0 Å². The third kappa shape index (κ3) is 4.02. The summed E-state index contributed by atoms with van der Waals surface area (Å²) in [6.45, 7) is 1.92. The summed E-state index contributed by atoms with van der Waals surface area (Å²) in [4.78, 5) is 0. The monoisotopic (exact) mass is 355 g/mol. The topological polar surface area (TPSA) is 35.2 Å². The van der Waals surface area contributed by atoms with E-state index in [4.69, 9.17) is 10.5 Å². The van der Waals surface area contributed by atoms with E-state index in [0.29, 0.717) is 22.0 Å². The molecule has 2 nitrogen and oxygen atoms in total. The van der Waals surface area contributed by atoms with E-state index in [1.807, 2.05) is 6.92 Å². The quantitative estimate of drug-likeness (QED) is 0.872. The fourth-order valence-electron chi connectivity index (χ4n) is 2.03. The molecule has 0 heterocycles.